The number of hydrogen-bond acceptors (Lipinski definition) is 4. The van der Waals surface area contributed by atoms with E-state index in [4.69, 9.17) is 4.74 Å². The molecule has 0 spiro atoms. The Morgan fingerprint density at radius 1 is 1.19 bits per heavy atom. The highest BCUT2D eigenvalue weighted by Gasteiger charge is 2.27. The van der Waals surface area contributed by atoms with Crippen molar-refractivity contribution >= 4 is 21.6 Å². The maximum atomic E-state index is 12.8. The van der Waals surface area contributed by atoms with Crippen molar-refractivity contribution in [2.45, 2.75) is 31.1 Å². The molecule has 2 fully saturated rings. The zero-order valence-corrected chi connectivity index (χ0v) is 16.1. The summed E-state index contributed by atoms with van der Waals surface area (Å²) in [5, 5.41) is 2.91. The summed E-state index contributed by atoms with van der Waals surface area (Å²) in [6.07, 6.45) is 3.56. The van der Waals surface area contributed by atoms with Crippen LogP contribution in [0.5, 0.6) is 0 Å². The number of nitrogens with one attached hydrogen (secondary N) is 2. The van der Waals surface area contributed by atoms with E-state index in [1.165, 1.54) is 15.6 Å². The van der Waals surface area contributed by atoms with E-state index in [1.54, 1.807) is 18.2 Å². The minimum atomic E-state index is -3.57. The molecular weight excluding hydrogens is 354 g/mol. The molecule has 2 aliphatic heterocycles. The summed E-state index contributed by atoms with van der Waals surface area (Å²) in [7, 11) is -3.57. The molecule has 1 aromatic rings. The third kappa shape index (κ3) is 4.62. The first kappa shape index (κ1) is 19.3. The number of likely N-dealkylation sites (tertiary alicyclic amines) is 1. The molecule has 0 atom stereocenters. The van der Waals surface area contributed by atoms with E-state index < -0.39 is 10.0 Å². The maximum Gasteiger partial charge on any atom is 0.279 e. The minimum absolute atomic E-state index is 0.0640. The van der Waals surface area contributed by atoms with Crippen LogP contribution in [0.25, 0.3) is 0 Å². The lowest BCUT2D eigenvalue weighted by Crippen LogP contribution is -3.13. The fourth-order valence-corrected chi connectivity index (χ4v) is 4.92. The zero-order chi connectivity index (χ0) is 18.6. The number of rotatable bonds is 5. The van der Waals surface area contributed by atoms with E-state index in [0.717, 1.165) is 31.5 Å². The normalized spacial score (nSPS) is 20.0. The molecule has 0 bridgehead atoms. The fraction of sp³-hybridized carbons (Fsp3) is 0.611. The molecule has 7 nitrogen and oxygen atoms in total. The van der Waals surface area contributed by atoms with Gasteiger partial charge in [0, 0.05) is 18.8 Å². The zero-order valence-electron chi connectivity index (χ0n) is 15.3. The lowest BCUT2D eigenvalue weighted by Gasteiger charge is -2.26. The smallest absolute Gasteiger partial charge is 0.279 e. The van der Waals surface area contributed by atoms with Crippen LogP contribution >= 0.6 is 0 Å². The fourth-order valence-electron chi connectivity index (χ4n) is 3.48. The van der Waals surface area contributed by atoms with Crippen molar-refractivity contribution in [3.05, 3.63) is 23.8 Å². The number of ether oxygens (including phenoxy) is 1. The number of nitrogens with zero attached hydrogens (tertiary/aromatic N) is 1. The number of quaternary nitrogens is 1. The van der Waals surface area contributed by atoms with Gasteiger partial charge in [-0.1, -0.05) is 6.07 Å². The number of carbonyl (C=O) groups excluding carboxylic acids is 1. The highest BCUT2D eigenvalue weighted by atomic mass is 32.2. The van der Waals surface area contributed by atoms with Crippen LogP contribution in [-0.2, 0) is 19.6 Å². The average Bonchev–Trinajstić information content (AvgIpc) is 2.65. The summed E-state index contributed by atoms with van der Waals surface area (Å²) >= 11 is 0. The molecule has 1 amide bonds. The van der Waals surface area contributed by atoms with E-state index >= 15 is 0 Å². The van der Waals surface area contributed by atoms with Crippen molar-refractivity contribution < 1.29 is 22.8 Å². The van der Waals surface area contributed by atoms with E-state index in [-0.39, 0.29) is 10.8 Å². The molecule has 0 aliphatic carbocycles. The second-order valence-corrected chi connectivity index (χ2v) is 8.97. The molecule has 2 heterocycles. The van der Waals surface area contributed by atoms with Gasteiger partial charge < -0.3 is 15.0 Å². The number of hydrogen-bond donors (Lipinski definition) is 2. The van der Waals surface area contributed by atoms with Gasteiger partial charge in [0.2, 0.25) is 10.0 Å². The van der Waals surface area contributed by atoms with Gasteiger partial charge in [-0.05, 0) is 43.9 Å². The topological polar surface area (TPSA) is 80.2 Å². The summed E-state index contributed by atoms with van der Waals surface area (Å²) in [4.78, 5) is 13.9. The van der Waals surface area contributed by atoms with Crippen molar-refractivity contribution in [3.8, 4) is 0 Å². The highest BCUT2D eigenvalue weighted by Crippen LogP contribution is 2.23. The lowest BCUT2D eigenvalue weighted by atomic mass is 10.1. The van der Waals surface area contributed by atoms with Gasteiger partial charge in [-0.3, -0.25) is 4.79 Å². The maximum absolute atomic E-state index is 12.8. The molecule has 3 rings (SSSR count). The second kappa shape index (κ2) is 8.47. The van der Waals surface area contributed by atoms with E-state index in [2.05, 4.69) is 5.32 Å². The average molecular weight is 383 g/mol. The van der Waals surface area contributed by atoms with Crippen LogP contribution in [0.15, 0.2) is 23.1 Å². The number of piperidine rings is 1. The van der Waals surface area contributed by atoms with Gasteiger partial charge in [0.15, 0.2) is 6.54 Å². The van der Waals surface area contributed by atoms with Crippen LogP contribution in [0, 0.1) is 6.92 Å². The van der Waals surface area contributed by atoms with Crippen LogP contribution in [0.3, 0.4) is 0 Å². The number of carbonyl (C=O) groups is 1. The van der Waals surface area contributed by atoms with E-state index in [0.29, 0.717) is 38.5 Å². The van der Waals surface area contributed by atoms with Crippen molar-refractivity contribution in [3.63, 3.8) is 0 Å². The van der Waals surface area contributed by atoms with Crippen molar-refractivity contribution in [1.82, 2.24) is 4.31 Å². The first-order chi connectivity index (χ1) is 12.5. The molecule has 26 heavy (non-hydrogen) atoms. The molecule has 1 aromatic carbocycles. The summed E-state index contributed by atoms with van der Waals surface area (Å²) in [5.41, 5.74) is 1.42. The number of anilines is 1. The third-order valence-electron chi connectivity index (χ3n) is 5.06. The van der Waals surface area contributed by atoms with Crippen molar-refractivity contribution in [1.29, 1.82) is 0 Å². The van der Waals surface area contributed by atoms with E-state index in [9.17, 15) is 13.2 Å². The summed E-state index contributed by atoms with van der Waals surface area (Å²) in [6, 6.07) is 4.92. The Morgan fingerprint density at radius 2 is 1.88 bits per heavy atom. The predicted octanol–water partition coefficient (Wildman–Crippen LogP) is 0.0232. The summed E-state index contributed by atoms with van der Waals surface area (Å²) in [6.45, 7) is 5.89. The monoisotopic (exact) mass is 382 g/mol. The molecule has 8 heteroatoms. The number of morpholine rings is 1. The van der Waals surface area contributed by atoms with Crippen LogP contribution in [0.1, 0.15) is 24.8 Å². The molecular formula is C18H28N3O4S+. The third-order valence-corrected chi connectivity index (χ3v) is 6.96. The SMILES string of the molecule is Cc1ccc(S(=O)(=O)N2CCOCC2)cc1NC(=O)C[NH+]1CCCCC1. The predicted molar refractivity (Wildman–Crippen MR) is 98.8 cm³/mol. The number of benzene rings is 1. The molecule has 0 radical (unpaired) electrons. The van der Waals surface area contributed by atoms with Crippen LogP contribution in [-0.4, -0.2) is 64.6 Å². The van der Waals surface area contributed by atoms with Gasteiger partial charge in [0.1, 0.15) is 0 Å². The Morgan fingerprint density at radius 3 is 2.58 bits per heavy atom. The van der Waals surface area contributed by atoms with Gasteiger partial charge >= 0.3 is 0 Å². The summed E-state index contributed by atoms with van der Waals surface area (Å²) in [5.74, 6) is -0.0640. The Bertz CT molecular complexity index is 739. The lowest BCUT2D eigenvalue weighted by molar-refractivity contribution is -0.896. The molecule has 144 valence electrons. The Balaban J connectivity index is 1.71. The Labute approximate surface area is 155 Å². The van der Waals surface area contributed by atoms with Crippen molar-refractivity contribution in [2.75, 3.05) is 51.3 Å². The van der Waals surface area contributed by atoms with Crippen LogP contribution in [0.4, 0.5) is 5.69 Å². The number of sulfonamides is 1. The summed E-state index contributed by atoms with van der Waals surface area (Å²) < 4.78 is 32.3. The second-order valence-electron chi connectivity index (χ2n) is 7.03. The van der Waals surface area contributed by atoms with E-state index in [1.807, 2.05) is 6.92 Å². The Hall–Kier alpha value is -1.48. The van der Waals surface area contributed by atoms with Crippen molar-refractivity contribution in [2.24, 2.45) is 0 Å². The molecule has 2 saturated heterocycles. The quantitative estimate of drug-likeness (QED) is 0.753. The van der Waals surface area contributed by atoms with Gasteiger partial charge in [-0.2, -0.15) is 4.31 Å². The van der Waals surface area contributed by atoms with Crippen LogP contribution < -0.4 is 10.2 Å². The molecule has 2 N–H and O–H groups in total. The van der Waals surface area contributed by atoms with Gasteiger partial charge in [-0.15, -0.1) is 0 Å². The largest absolute Gasteiger partial charge is 0.379 e. The Kier molecular flexibility index (Phi) is 6.29. The minimum Gasteiger partial charge on any atom is -0.379 e. The molecule has 2 aliphatic rings. The highest BCUT2D eigenvalue weighted by molar-refractivity contribution is 7.89. The molecule has 0 unspecified atom stereocenters. The van der Waals surface area contributed by atoms with Gasteiger partial charge in [-0.25, -0.2) is 8.42 Å². The molecule has 0 aromatic heterocycles. The van der Waals surface area contributed by atoms with Gasteiger partial charge in [0.05, 0.1) is 31.2 Å². The first-order valence-corrected chi connectivity index (χ1v) is 10.7. The van der Waals surface area contributed by atoms with Crippen LogP contribution in [0.2, 0.25) is 0 Å². The first-order valence-electron chi connectivity index (χ1n) is 9.29. The number of amides is 1. The standard InChI is InChI=1S/C18H27N3O4S/c1-15-5-6-16(26(23,24)21-9-11-25-12-10-21)13-17(15)19-18(22)14-20-7-3-2-4-8-20/h5-6,13H,2-4,7-12,14H2,1H3,(H,19,22)/p+1. The van der Waals surface area contributed by atoms with Gasteiger partial charge in [0.25, 0.3) is 5.91 Å². The molecule has 0 saturated carbocycles. The number of aryl methyl sites for hydroxylation is 1.